The molecule has 1 fully saturated rings. The molecule has 0 aromatic heterocycles. The zero-order valence-electron chi connectivity index (χ0n) is 10.3. The zero-order chi connectivity index (χ0) is 12.5. The lowest BCUT2D eigenvalue weighted by molar-refractivity contribution is -0.140. The Morgan fingerprint density at radius 1 is 1.44 bits per heavy atom. The Kier molecular flexibility index (Phi) is 3.16. The Bertz CT molecular complexity index is 495. The molecule has 3 unspecified atom stereocenters. The number of carbonyl (C=O) groups excluding carboxylic acids is 1. The molecule has 2 aliphatic rings. The van der Waals surface area contributed by atoms with Crippen molar-refractivity contribution in [3.63, 3.8) is 0 Å². The molecule has 18 heavy (non-hydrogen) atoms. The van der Waals surface area contributed by atoms with E-state index in [0.717, 1.165) is 6.42 Å². The summed E-state index contributed by atoms with van der Waals surface area (Å²) in [6.45, 7) is 2.02. The Balaban J connectivity index is 1.75. The number of hydrogen-bond donors (Lipinski definition) is 0. The molecule has 0 saturated carbocycles. The smallest absolute Gasteiger partial charge is 0.302 e. The third-order valence-electron chi connectivity index (χ3n) is 3.60. The number of fused-ring (bicyclic) bond motifs is 3. The van der Waals surface area contributed by atoms with Crippen LogP contribution in [-0.2, 0) is 9.53 Å². The maximum Gasteiger partial charge on any atom is 0.302 e. The quantitative estimate of drug-likeness (QED) is 0.764. The van der Waals surface area contributed by atoms with Gasteiger partial charge in [-0.2, -0.15) is 0 Å². The first-order valence-corrected chi connectivity index (χ1v) is 7.24. The molecule has 1 aliphatic carbocycles. The summed E-state index contributed by atoms with van der Waals surface area (Å²) in [5.41, 5.74) is 2.79. The third-order valence-corrected chi connectivity index (χ3v) is 5.11. The van der Waals surface area contributed by atoms with Crippen molar-refractivity contribution in [2.75, 3.05) is 6.61 Å². The van der Waals surface area contributed by atoms with Crippen molar-refractivity contribution in [3.8, 4) is 0 Å². The minimum Gasteiger partial charge on any atom is -0.465 e. The van der Waals surface area contributed by atoms with Gasteiger partial charge in [-0.05, 0) is 17.5 Å². The number of rotatable bonds is 2. The van der Waals surface area contributed by atoms with E-state index >= 15 is 0 Å². The summed E-state index contributed by atoms with van der Waals surface area (Å²) < 4.78 is 5.14. The van der Waals surface area contributed by atoms with Crippen LogP contribution in [0.1, 0.15) is 30.4 Å². The van der Waals surface area contributed by atoms with Crippen LogP contribution in [0.3, 0.4) is 0 Å². The molecule has 3 atom stereocenters. The van der Waals surface area contributed by atoms with E-state index in [1.165, 1.54) is 18.1 Å². The predicted octanol–water partition coefficient (Wildman–Crippen LogP) is 3.23. The Labute approximate surface area is 111 Å². The Morgan fingerprint density at radius 3 is 3.11 bits per heavy atom. The largest absolute Gasteiger partial charge is 0.465 e. The molecular formula is C15H16O2S. The summed E-state index contributed by atoms with van der Waals surface area (Å²) in [4.78, 5) is 10.9. The SMILES string of the molecule is CC(=O)OCC1CC2c3ccccc3C=CC2S1. The van der Waals surface area contributed by atoms with E-state index in [-0.39, 0.29) is 5.97 Å². The van der Waals surface area contributed by atoms with E-state index in [1.54, 1.807) is 0 Å². The van der Waals surface area contributed by atoms with E-state index in [4.69, 9.17) is 4.74 Å². The van der Waals surface area contributed by atoms with E-state index in [9.17, 15) is 4.79 Å². The highest BCUT2D eigenvalue weighted by molar-refractivity contribution is 8.01. The molecule has 3 rings (SSSR count). The van der Waals surface area contributed by atoms with Gasteiger partial charge in [0.25, 0.3) is 0 Å². The lowest BCUT2D eigenvalue weighted by Crippen LogP contribution is -2.13. The average Bonchev–Trinajstić information content (AvgIpc) is 2.79. The van der Waals surface area contributed by atoms with Crippen LogP contribution in [-0.4, -0.2) is 23.1 Å². The van der Waals surface area contributed by atoms with Gasteiger partial charge in [-0.3, -0.25) is 4.79 Å². The highest BCUT2D eigenvalue weighted by Gasteiger charge is 2.37. The second-order valence-corrected chi connectivity index (χ2v) is 6.34. The van der Waals surface area contributed by atoms with Gasteiger partial charge < -0.3 is 4.74 Å². The van der Waals surface area contributed by atoms with E-state index in [1.807, 2.05) is 11.8 Å². The van der Waals surface area contributed by atoms with Crippen LogP contribution in [0.15, 0.2) is 30.3 Å². The maximum absolute atomic E-state index is 10.9. The zero-order valence-corrected chi connectivity index (χ0v) is 11.2. The number of carbonyl (C=O) groups is 1. The third kappa shape index (κ3) is 2.19. The second-order valence-electron chi connectivity index (χ2n) is 4.86. The number of benzene rings is 1. The summed E-state index contributed by atoms with van der Waals surface area (Å²) in [5.74, 6) is 0.401. The molecule has 0 amide bonds. The molecular weight excluding hydrogens is 244 g/mol. The van der Waals surface area contributed by atoms with Crippen molar-refractivity contribution in [3.05, 3.63) is 41.5 Å². The number of ether oxygens (including phenoxy) is 1. The lowest BCUT2D eigenvalue weighted by atomic mass is 9.84. The van der Waals surface area contributed by atoms with Gasteiger partial charge in [0.2, 0.25) is 0 Å². The van der Waals surface area contributed by atoms with Gasteiger partial charge in [0.15, 0.2) is 0 Å². The van der Waals surface area contributed by atoms with Crippen LogP contribution >= 0.6 is 11.8 Å². The standard InChI is InChI=1S/C15H16O2S/c1-10(16)17-9-12-8-14-13-5-3-2-4-11(13)6-7-15(14)18-12/h2-7,12,14-15H,8-9H2,1H3. The minimum atomic E-state index is -0.179. The van der Waals surface area contributed by atoms with Crippen LogP contribution in [0, 0.1) is 0 Å². The maximum atomic E-state index is 10.9. The highest BCUT2D eigenvalue weighted by Crippen LogP contribution is 2.48. The fourth-order valence-corrected chi connectivity index (χ4v) is 4.32. The fourth-order valence-electron chi connectivity index (χ4n) is 2.79. The first-order valence-electron chi connectivity index (χ1n) is 6.30. The van der Waals surface area contributed by atoms with Gasteiger partial charge in [-0.15, -0.1) is 11.8 Å². The van der Waals surface area contributed by atoms with Gasteiger partial charge in [0.05, 0.1) is 0 Å². The van der Waals surface area contributed by atoms with Crippen LogP contribution in [0.25, 0.3) is 6.08 Å². The predicted molar refractivity (Wildman–Crippen MR) is 74.6 cm³/mol. The summed E-state index contributed by atoms with van der Waals surface area (Å²) in [6.07, 6.45) is 5.62. The van der Waals surface area contributed by atoms with Crippen molar-refractivity contribution < 1.29 is 9.53 Å². The summed E-state index contributed by atoms with van der Waals surface area (Å²) >= 11 is 1.94. The Morgan fingerprint density at radius 2 is 2.28 bits per heavy atom. The van der Waals surface area contributed by atoms with Crippen molar-refractivity contribution in [1.29, 1.82) is 0 Å². The monoisotopic (exact) mass is 260 g/mol. The Hall–Kier alpha value is -1.22. The van der Waals surface area contributed by atoms with Gasteiger partial charge in [-0.25, -0.2) is 0 Å². The normalized spacial score (nSPS) is 28.6. The van der Waals surface area contributed by atoms with E-state index in [2.05, 4.69) is 36.4 Å². The first-order chi connectivity index (χ1) is 8.74. The average molecular weight is 260 g/mol. The van der Waals surface area contributed by atoms with Crippen molar-refractivity contribution in [1.82, 2.24) is 0 Å². The number of esters is 1. The summed E-state index contributed by atoms with van der Waals surface area (Å²) in [7, 11) is 0. The van der Waals surface area contributed by atoms with E-state index < -0.39 is 0 Å². The molecule has 2 nitrogen and oxygen atoms in total. The summed E-state index contributed by atoms with van der Waals surface area (Å²) in [5, 5.41) is 0.972. The molecule has 94 valence electrons. The van der Waals surface area contributed by atoms with Gasteiger partial charge in [0.1, 0.15) is 6.61 Å². The molecule has 1 heterocycles. The molecule has 0 spiro atoms. The molecule has 1 aromatic carbocycles. The number of thioether (sulfide) groups is 1. The summed E-state index contributed by atoms with van der Waals surface area (Å²) in [6, 6.07) is 8.60. The molecule has 3 heteroatoms. The molecule has 1 aliphatic heterocycles. The highest BCUT2D eigenvalue weighted by atomic mass is 32.2. The minimum absolute atomic E-state index is 0.179. The molecule has 1 aromatic rings. The van der Waals surface area contributed by atoms with Crippen molar-refractivity contribution in [2.45, 2.75) is 29.8 Å². The van der Waals surface area contributed by atoms with Crippen LogP contribution in [0.2, 0.25) is 0 Å². The van der Waals surface area contributed by atoms with Gasteiger partial charge in [0, 0.05) is 23.3 Å². The topological polar surface area (TPSA) is 26.3 Å². The van der Waals surface area contributed by atoms with Crippen molar-refractivity contribution >= 4 is 23.8 Å². The second kappa shape index (κ2) is 4.81. The molecule has 0 bridgehead atoms. The van der Waals surface area contributed by atoms with Crippen LogP contribution in [0.5, 0.6) is 0 Å². The molecule has 0 radical (unpaired) electrons. The number of hydrogen-bond acceptors (Lipinski definition) is 3. The fraction of sp³-hybridized carbons (Fsp3) is 0.400. The van der Waals surface area contributed by atoms with Gasteiger partial charge >= 0.3 is 5.97 Å². The lowest BCUT2D eigenvalue weighted by Gasteiger charge is -2.22. The molecule has 0 N–H and O–H groups in total. The van der Waals surface area contributed by atoms with E-state index in [0.29, 0.717) is 23.0 Å². The molecule has 1 saturated heterocycles. The first kappa shape index (κ1) is 11.8. The van der Waals surface area contributed by atoms with Crippen molar-refractivity contribution in [2.24, 2.45) is 0 Å². The van der Waals surface area contributed by atoms with Crippen LogP contribution in [0.4, 0.5) is 0 Å². The van der Waals surface area contributed by atoms with Crippen LogP contribution < -0.4 is 0 Å². The van der Waals surface area contributed by atoms with Gasteiger partial charge in [-0.1, -0.05) is 36.4 Å².